The van der Waals surface area contributed by atoms with Gasteiger partial charge in [-0.3, -0.25) is 9.69 Å². The summed E-state index contributed by atoms with van der Waals surface area (Å²) in [6.45, 7) is 12.1. The highest BCUT2D eigenvalue weighted by Gasteiger charge is 2.35. The molecule has 0 N–H and O–H groups in total. The number of nitrogens with zero attached hydrogens (tertiary/aromatic N) is 8. The highest BCUT2D eigenvalue weighted by molar-refractivity contribution is 6.36. The number of carbonyl (C=O) groups is 1. The summed E-state index contributed by atoms with van der Waals surface area (Å²) >= 11 is 6.74. The number of ether oxygens (including phenoxy) is 2. The first-order chi connectivity index (χ1) is 23.9. The van der Waals surface area contributed by atoms with Gasteiger partial charge in [0.2, 0.25) is 0 Å². The molecule has 4 aliphatic rings. The second-order valence-corrected chi connectivity index (χ2v) is 14.0. The molecule has 5 heterocycles. The van der Waals surface area contributed by atoms with Crippen LogP contribution in [0.1, 0.15) is 30.5 Å². The fourth-order valence-electron chi connectivity index (χ4n) is 7.72. The molecular weight excluding hydrogens is 640 g/mol. The first kappa shape index (κ1) is 33.5. The third kappa shape index (κ3) is 7.19. The molecule has 3 saturated heterocycles. The lowest BCUT2D eigenvalue weighted by Gasteiger charge is -2.43. The average Bonchev–Trinajstić information content (AvgIpc) is 3.54. The van der Waals surface area contributed by atoms with Crippen LogP contribution in [0.15, 0.2) is 48.6 Å². The van der Waals surface area contributed by atoms with E-state index < -0.39 is 0 Å². The number of fused-ring (bicyclic) bond motifs is 2. The van der Waals surface area contributed by atoms with Crippen LogP contribution in [0.2, 0.25) is 5.02 Å². The molecule has 1 amide bonds. The molecule has 0 bridgehead atoms. The minimum Gasteiger partial charge on any atom is -0.462 e. The van der Waals surface area contributed by atoms with Gasteiger partial charge >= 0.3 is 6.01 Å². The number of likely N-dealkylation sites (N-methyl/N-ethyl adjacent to an activating group) is 1. The Morgan fingerprint density at radius 2 is 1.88 bits per heavy atom. The summed E-state index contributed by atoms with van der Waals surface area (Å²) in [6.07, 6.45) is 3.22. The van der Waals surface area contributed by atoms with Crippen LogP contribution >= 0.6 is 11.6 Å². The number of anilines is 2. The quantitative estimate of drug-likeness (QED) is 0.306. The van der Waals surface area contributed by atoms with Gasteiger partial charge in [-0.25, -0.2) is 0 Å². The van der Waals surface area contributed by atoms with E-state index >= 15 is 0 Å². The Morgan fingerprint density at radius 1 is 1.06 bits per heavy atom. The Bertz CT molecular complexity index is 1740. The van der Waals surface area contributed by atoms with Crippen molar-refractivity contribution in [3.63, 3.8) is 0 Å². The van der Waals surface area contributed by atoms with Crippen molar-refractivity contribution in [2.24, 2.45) is 0 Å². The summed E-state index contributed by atoms with van der Waals surface area (Å²) in [5.74, 6) is 0.766. The van der Waals surface area contributed by atoms with Crippen LogP contribution in [0, 0.1) is 11.3 Å². The van der Waals surface area contributed by atoms with Crippen molar-refractivity contribution in [1.29, 1.82) is 5.26 Å². The Balaban J connectivity index is 1.15. The van der Waals surface area contributed by atoms with Gasteiger partial charge in [0.1, 0.15) is 12.4 Å². The van der Waals surface area contributed by atoms with E-state index in [0.29, 0.717) is 70.2 Å². The van der Waals surface area contributed by atoms with Crippen LogP contribution in [0.3, 0.4) is 0 Å². The van der Waals surface area contributed by atoms with Crippen molar-refractivity contribution in [3.8, 4) is 12.1 Å². The van der Waals surface area contributed by atoms with Crippen molar-refractivity contribution >= 4 is 39.8 Å². The molecule has 2 aromatic carbocycles. The Hall–Kier alpha value is -3.95. The predicted molar refractivity (Wildman–Crippen MR) is 191 cm³/mol. The third-order valence-corrected chi connectivity index (χ3v) is 10.8. The topological polar surface area (TPSA) is 101 Å². The molecule has 3 fully saturated rings. The second-order valence-electron chi connectivity index (χ2n) is 13.6. The number of rotatable bonds is 9. The lowest BCUT2D eigenvalue weighted by atomic mass is 10.0. The molecule has 49 heavy (non-hydrogen) atoms. The van der Waals surface area contributed by atoms with Gasteiger partial charge in [0, 0.05) is 74.1 Å². The minimum atomic E-state index is -0.285. The highest BCUT2D eigenvalue weighted by atomic mass is 35.5. The molecule has 0 unspecified atom stereocenters. The van der Waals surface area contributed by atoms with Crippen LogP contribution in [-0.2, 0) is 22.5 Å². The molecule has 0 aliphatic carbocycles. The zero-order chi connectivity index (χ0) is 33.9. The second kappa shape index (κ2) is 14.9. The van der Waals surface area contributed by atoms with Crippen molar-refractivity contribution in [2.45, 2.75) is 44.3 Å². The van der Waals surface area contributed by atoms with E-state index in [9.17, 15) is 10.1 Å². The van der Waals surface area contributed by atoms with Crippen LogP contribution in [-0.4, -0.2) is 122 Å². The monoisotopic (exact) mass is 684 g/mol. The van der Waals surface area contributed by atoms with E-state index in [1.165, 1.54) is 0 Å². The van der Waals surface area contributed by atoms with Crippen LogP contribution in [0.25, 0.3) is 10.8 Å². The first-order valence-electron chi connectivity index (χ1n) is 17.5. The summed E-state index contributed by atoms with van der Waals surface area (Å²) in [5.41, 5.74) is 3.67. The number of likely N-dealkylation sites (tertiary alicyclic amines) is 1. The Morgan fingerprint density at radius 3 is 2.65 bits per heavy atom. The van der Waals surface area contributed by atoms with Crippen molar-refractivity contribution < 1.29 is 14.3 Å². The van der Waals surface area contributed by atoms with Gasteiger partial charge in [-0.05, 0) is 50.4 Å². The lowest BCUT2D eigenvalue weighted by Crippen LogP contribution is -2.56. The number of morpholine rings is 1. The largest absolute Gasteiger partial charge is 0.462 e. The molecule has 0 spiro atoms. The number of benzene rings is 2. The van der Waals surface area contributed by atoms with Gasteiger partial charge in [0.25, 0.3) is 5.91 Å². The summed E-state index contributed by atoms with van der Waals surface area (Å²) < 4.78 is 11.8. The first-order valence-corrected chi connectivity index (χ1v) is 17.8. The number of halogens is 1. The van der Waals surface area contributed by atoms with Gasteiger partial charge in [0.15, 0.2) is 0 Å². The fourth-order valence-corrected chi connectivity index (χ4v) is 7.99. The molecule has 12 heteroatoms. The van der Waals surface area contributed by atoms with Gasteiger partial charge < -0.3 is 29.1 Å². The van der Waals surface area contributed by atoms with Gasteiger partial charge in [0.05, 0.1) is 49.0 Å². The van der Waals surface area contributed by atoms with Gasteiger partial charge in [-0.15, -0.1) is 0 Å². The maximum atomic E-state index is 13.7. The van der Waals surface area contributed by atoms with Gasteiger partial charge in [-0.2, -0.15) is 15.2 Å². The zero-order valence-electron chi connectivity index (χ0n) is 28.3. The van der Waals surface area contributed by atoms with Gasteiger partial charge in [-0.1, -0.05) is 42.4 Å². The maximum Gasteiger partial charge on any atom is 0.318 e. The number of hydrogen-bond donors (Lipinski definition) is 0. The van der Waals surface area contributed by atoms with Crippen LogP contribution in [0.5, 0.6) is 6.01 Å². The zero-order valence-corrected chi connectivity index (χ0v) is 29.1. The summed E-state index contributed by atoms with van der Waals surface area (Å²) in [4.78, 5) is 34.7. The van der Waals surface area contributed by atoms with Crippen molar-refractivity contribution in [2.75, 3.05) is 89.0 Å². The molecule has 0 radical (unpaired) electrons. The van der Waals surface area contributed by atoms with Crippen LogP contribution < -0.4 is 14.5 Å². The molecular formula is C37H45ClN8O3. The summed E-state index contributed by atoms with van der Waals surface area (Å²) in [7, 11) is 2.14. The SMILES string of the molecule is C=C(CN1CCOCC1)C(=O)N1CCN(c2nc(OC[C@@H]3CCCN3C)nc3c2CCN(c2cccc4cccc(Cl)c24)C3)C[C@@H]1CC#N. The van der Waals surface area contributed by atoms with E-state index in [4.69, 9.17) is 31.0 Å². The summed E-state index contributed by atoms with van der Waals surface area (Å²) in [5, 5.41) is 12.7. The molecule has 0 saturated carbocycles. The van der Waals surface area contributed by atoms with Crippen LogP contribution in [0.4, 0.5) is 11.5 Å². The van der Waals surface area contributed by atoms with E-state index in [1.54, 1.807) is 0 Å². The number of carbonyl (C=O) groups excluding carboxylic acids is 1. The number of hydrogen-bond acceptors (Lipinski definition) is 10. The molecule has 11 nitrogen and oxygen atoms in total. The highest BCUT2D eigenvalue weighted by Crippen LogP contribution is 2.37. The van der Waals surface area contributed by atoms with E-state index in [1.807, 2.05) is 17.0 Å². The molecule has 2 atom stereocenters. The standard InChI is InChI=1S/C37H45ClN8O3/c1-26(22-43-18-20-48-21-19-43)36(47)46-17-16-45(23-28(46)11-13-39)35-30-12-15-44(33-10-4-7-27-6-3-9-31(38)34(27)33)24-32(30)40-37(41-35)49-25-29-8-5-14-42(29)2/h3-4,6-7,9-10,28-29H,1,5,8,11-12,14-25H2,2H3/t28-,29-/m0/s1. The van der Waals surface area contributed by atoms with Crippen molar-refractivity contribution in [1.82, 2.24) is 24.7 Å². The molecule has 258 valence electrons. The fraction of sp³-hybridized carbons (Fsp3) is 0.514. The number of piperazine rings is 1. The predicted octanol–water partition coefficient (Wildman–Crippen LogP) is 4.14. The maximum absolute atomic E-state index is 13.7. The molecule has 7 rings (SSSR count). The number of nitriles is 1. The normalized spacial score (nSPS) is 21.9. The number of aromatic nitrogens is 2. The smallest absolute Gasteiger partial charge is 0.318 e. The molecule has 3 aromatic rings. The van der Waals surface area contributed by atoms with E-state index in [2.05, 4.69) is 63.6 Å². The minimum absolute atomic E-state index is 0.0785. The van der Waals surface area contributed by atoms with Crippen molar-refractivity contribution in [3.05, 3.63) is 64.8 Å². The lowest BCUT2D eigenvalue weighted by molar-refractivity contribution is -0.130. The molecule has 1 aromatic heterocycles. The average molecular weight is 685 g/mol. The third-order valence-electron chi connectivity index (χ3n) is 10.5. The molecule has 4 aliphatic heterocycles. The van der Waals surface area contributed by atoms with E-state index in [0.717, 1.165) is 84.0 Å². The van der Waals surface area contributed by atoms with E-state index in [-0.39, 0.29) is 18.4 Å². The Labute approximate surface area is 293 Å². The Kier molecular flexibility index (Phi) is 10.2. The summed E-state index contributed by atoms with van der Waals surface area (Å²) in [6, 6.07) is 15.1. The number of amides is 1.